The maximum absolute atomic E-state index is 13.6. The lowest BCUT2D eigenvalue weighted by Crippen LogP contribution is -2.45. The molecule has 1 fully saturated rings. The molecule has 3 aromatic rings. The van der Waals surface area contributed by atoms with Crippen LogP contribution in [0.3, 0.4) is 0 Å². The van der Waals surface area contributed by atoms with Gasteiger partial charge in [-0.25, -0.2) is 13.3 Å². The summed E-state index contributed by atoms with van der Waals surface area (Å²) in [4.78, 5) is 31.2. The molecule has 1 atom stereocenters. The number of pyridine rings is 1. The van der Waals surface area contributed by atoms with E-state index >= 15 is 0 Å². The molecule has 33 heavy (non-hydrogen) atoms. The summed E-state index contributed by atoms with van der Waals surface area (Å²) in [7, 11) is -4.13. The molecule has 8 nitrogen and oxygen atoms in total. The largest absolute Gasteiger partial charge is 0.274 e. The normalized spacial score (nSPS) is 16.3. The van der Waals surface area contributed by atoms with Crippen LogP contribution in [0.15, 0.2) is 82.4 Å². The van der Waals surface area contributed by atoms with Crippen LogP contribution < -0.4 is 4.90 Å². The predicted molar refractivity (Wildman–Crippen MR) is 123 cm³/mol. The summed E-state index contributed by atoms with van der Waals surface area (Å²) in [5, 5.41) is 8.99. The van der Waals surface area contributed by atoms with Crippen molar-refractivity contribution in [3.63, 3.8) is 0 Å². The topological polar surface area (TPSA) is 111 Å². The molecule has 10 heteroatoms. The van der Waals surface area contributed by atoms with Crippen molar-refractivity contribution in [3.05, 3.63) is 88.7 Å². The standard InChI is InChI=1S/C23H17BrN4O4S/c24-18-5-9-20(10-6-18)33(31,32)27(15-17-2-1-11-26-14-17)21-12-22(29)28(23(21)30)19-7-3-16(13-25)4-8-19/h1-11,14,21H,12,15H2. The van der Waals surface area contributed by atoms with Gasteiger partial charge in [0.25, 0.3) is 5.91 Å². The third-order valence-corrected chi connectivity index (χ3v) is 7.60. The number of sulfonamides is 1. The molecule has 0 spiro atoms. The fraction of sp³-hybridized carbons (Fsp3) is 0.130. The molecule has 1 aliphatic rings. The number of carbonyl (C=O) groups is 2. The summed E-state index contributed by atoms with van der Waals surface area (Å²) < 4.78 is 28.9. The Bertz CT molecular complexity index is 1340. The van der Waals surface area contributed by atoms with Crippen LogP contribution in [0.4, 0.5) is 5.69 Å². The van der Waals surface area contributed by atoms with Crippen LogP contribution in [0.2, 0.25) is 0 Å². The molecule has 1 unspecified atom stereocenters. The average Bonchev–Trinajstić information content (AvgIpc) is 3.11. The molecule has 1 aliphatic heterocycles. The monoisotopic (exact) mass is 524 g/mol. The second kappa shape index (κ2) is 9.23. The zero-order valence-electron chi connectivity index (χ0n) is 17.1. The SMILES string of the molecule is N#Cc1ccc(N2C(=O)CC(N(Cc3cccnc3)S(=O)(=O)c3ccc(Br)cc3)C2=O)cc1. The molecular weight excluding hydrogens is 508 g/mol. The highest BCUT2D eigenvalue weighted by Gasteiger charge is 2.47. The number of benzene rings is 2. The lowest BCUT2D eigenvalue weighted by atomic mass is 10.2. The summed E-state index contributed by atoms with van der Waals surface area (Å²) in [5.41, 5.74) is 1.24. The Balaban J connectivity index is 1.73. The van der Waals surface area contributed by atoms with Crippen molar-refractivity contribution >= 4 is 43.5 Å². The molecule has 4 rings (SSSR count). The highest BCUT2D eigenvalue weighted by atomic mass is 79.9. The summed E-state index contributed by atoms with van der Waals surface area (Å²) in [6.07, 6.45) is 2.78. The fourth-order valence-electron chi connectivity index (χ4n) is 3.57. The highest BCUT2D eigenvalue weighted by Crippen LogP contribution is 2.31. The molecule has 166 valence electrons. The zero-order valence-corrected chi connectivity index (χ0v) is 19.5. The van der Waals surface area contributed by atoms with Crippen molar-refractivity contribution in [2.75, 3.05) is 4.90 Å². The van der Waals surface area contributed by atoms with Gasteiger partial charge in [-0.05, 0) is 60.2 Å². The number of amides is 2. The zero-order chi connectivity index (χ0) is 23.6. The molecule has 0 bridgehead atoms. The highest BCUT2D eigenvalue weighted by molar-refractivity contribution is 9.10. The molecule has 0 radical (unpaired) electrons. The summed E-state index contributed by atoms with van der Waals surface area (Å²) in [6, 6.07) is 16.2. The van der Waals surface area contributed by atoms with Gasteiger partial charge in [0.1, 0.15) is 6.04 Å². The third-order valence-electron chi connectivity index (χ3n) is 5.21. The number of hydrogen-bond acceptors (Lipinski definition) is 6. The van der Waals surface area contributed by atoms with Gasteiger partial charge < -0.3 is 0 Å². The van der Waals surface area contributed by atoms with Crippen molar-refractivity contribution in [1.29, 1.82) is 5.26 Å². The number of rotatable bonds is 6. The number of halogens is 1. The van der Waals surface area contributed by atoms with Crippen LogP contribution in [0.1, 0.15) is 17.5 Å². The first kappa shape index (κ1) is 22.8. The lowest BCUT2D eigenvalue weighted by Gasteiger charge is -2.27. The minimum absolute atomic E-state index is 0.00617. The van der Waals surface area contributed by atoms with E-state index in [-0.39, 0.29) is 23.5 Å². The van der Waals surface area contributed by atoms with Crippen molar-refractivity contribution in [3.8, 4) is 6.07 Å². The summed E-state index contributed by atoms with van der Waals surface area (Å²) in [6.45, 7) is -0.128. The van der Waals surface area contributed by atoms with E-state index in [1.807, 2.05) is 6.07 Å². The van der Waals surface area contributed by atoms with Crippen molar-refractivity contribution in [1.82, 2.24) is 9.29 Å². The Morgan fingerprint density at radius 3 is 2.39 bits per heavy atom. The number of carbonyl (C=O) groups excluding carboxylic acids is 2. The molecule has 2 aromatic carbocycles. The van der Waals surface area contributed by atoms with E-state index in [4.69, 9.17) is 5.26 Å². The minimum Gasteiger partial charge on any atom is -0.274 e. The van der Waals surface area contributed by atoms with Gasteiger partial charge in [0.15, 0.2) is 0 Å². The third kappa shape index (κ3) is 4.57. The first-order valence-electron chi connectivity index (χ1n) is 9.84. The first-order valence-corrected chi connectivity index (χ1v) is 12.1. The number of nitrogens with zero attached hydrogens (tertiary/aromatic N) is 4. The van der Waals surface area contributed by atoms with Crippen molar-refractivity contribution in [2.24, 2.45) is 0 Å². The Morgan fingerprint density at radius 2 is 1.79 bits per heavy atom. The lowest BCUT2D eigenvalue weighted by molar-refractivity contribution is -0.122. The number of imide groups is 1. The average molecular weight is 525 g/mol. The molecule has 2 heterocycles. The molecule has 1 aromatic heterocycles. The van der Waals surface area contributed by atoms with Gasteiger partial charge >= 0.3 is 0 Å². The molecule has 0 aliphatic carbocycles. The van der Waals surface area contributed by atoms with Crippen LogP contribution in [-0.2, 0) is 26.2 Å². The van der Waals surface area contributed by atoms with Crippen LogP contribution >= 0.6 is 15.9 Å². The second-order valence-electron chi connectivity index (χ2n) is 7.31. The van der Waals surface area contributed by atoms with Crippen LogP contribution in [0, 0.1) is 11.3 Å². The Hall–Kier alpha value is -3.39. The van der Waals surface area contributed by atoms with Gasteiger partial charge in [-0.1, -0.05) is 22.0 Å². The van der Waals surface area contributed by atoms with Gasteiger partial charge in [0, 0.05) is 23.4 Å². The van der Waals surface area contributed by atoms with Gasteiger partial charge in [0.2, 0.25) is 15.9 Å². The van der Waals surface area contributed by atoms with Gasteiger partial charge in [-0.15, -0.1) is 0 Å². The molecule has 2 amide bonds. The predicted octanol–water partition coefficient (Wildman–Crippen LogP) is 3.24. The number of hydrogen-bond donors (Lipinski definition) is 0. The molecular formula is C23H17BrN4O4S. The van der Waals surface area contributed by atoms with Gasteiger partial charge in [0.05, 0.1) is 28.6 Å². The van der Waals surface area contributed by atoms with Crippen LogP contribution in [0.5, 0.6) is 0 Å². The van der Waals surface area contributed by atoms with Gasteiger partial charge in [-0.2, -0.15) is 9.57 Å². The van der Waals surface area contributed by atoms with E-state index in [1.54, 1.807) is 30.5 Å². The smallest absolute Gasteiger partial charge is 0.252 e. The van der Waals surface area contributed by atoms with E-state index < -0.39 is 27.9 Å². The number of anilines is 1. The van der Waals surface area contributed by atoms with Gasteiger partial charge in [-0.3, -0.25) is 14.6 Å². The quantitative estimate of drug-likeness (QED) is 0.457. The molecule has 0 N–H and O–H groups in total. The van der Waals surface area contributed by atoms with E-state index in [1.165, 1.54) is 42.6 Å². The molecule has 0 saturated carbocycles. The minimum atomic E-state index is -4.13. The van der Waals surface area contributed by atoms with E-state index in [0.717, 1.165) is 9.21 Å². The number of nitriles is 1. The van der Waals surface area contributed by atoms with Crippen molar-refractivity contribution < 1.29 is 18.0 Å². The van der Waals surface area contributed by atoms with E-state index in [9.17, 15) is 18.0 Å². The van der Waals surface area contributed by atoms with Crippen LogP contribution in [-0.4, -0.2) is 35.6 Å². The van der Waals surface area contributed by atoms with E-state index in [2.05, 4.69) is 20.9 Å². The summed E-state index contributed by atoms with van der Waals surface area (Å²) >= 11 is 3.29. The first-order chi connectivity index (χ1) is 15.8. The van der Waals surface area contributed by atoms with Crippen LogP contribution in [0.25, 0.3) is 0 Å². The van der Waals surface area contributed by atoms with Crippen molar-refractivity contribution in [2.45, 2.75) is 23.9 Å². The van der Waals surface area contributed by atoms with E-state index in [0.29, 0.717) is 15.6 Å². The Morgan fingerprint density at radius 1 is 1.09 bits per heavy atom. The maximum Gasteiger partial charge on any atom is 0.252 e. The Labute approximate surface area is 199 Å². The second-order valence-corrected chi connectivity index (χ2v) is 10.1. The Kier molecular flexibility index (Phi) is 6.37. The summed E-state index contributed by atoms with van der Waals surface area (Å²) in [5.74, 6) is -1.16. The number of aromatic nitrogens is 1. The fourth-order valence-corrected chi connectivity index (χ4v) is 5.41. The molecule has 1 saturated heterocycles. The maximum atomic E-state index is 13.6.